The van der Waals surface area contributed by atoms with Crippen LogP contribution in [0, 0.1) is 11.8 Å². The summed E-state index contributed by atoms with van der Waals surface area (Å²) >= 11 is 0. The van der Waals surface area contributed by atoms with Gasteiger partial charge < -0.3 is 49.6 Å². The molecule has 0 saturated carbocycles. The second kappa shape index (κ2) is 10.6. The predicted molar refractivity (Wildman–Crippen MR) is 123 cm³/mol. The standard InChI is InChI=1S/C25H32O10/c1-32-19-6-12(3-4-17(19)28)22-15-8-18(29)20(33-2)7-13(15)5-14(9-26)16(22)11-34-25-24(31)23(30)21(10-27)35-25/h3-4,6-8,14,16,21-31H,5,9-11H2,1-2H3/t14-,16-,21+,22-,23+,24-,25-/m1/s1. The average Bonchev–Trinajstić information content (AvgIpc) is 3.14. The average molecular weight is 493 g/mol. The summed E-state index contributed by atoms with van der Waals surface area (Å²) in [6.45, 7) is -0.582. The molecular weight excluding hydrogens is 460 g/mol. The smallest absolute Gasteiger partial charge is 0.186 e. The lowest BCUT2D eigenvalue weighted by Gasteiger charge is -2.40. The molecule has 0 aromatic heterocycles. The molecule has 4 rings (SSSR count). The number of phenols is 2. The molecule has 1 heterocycles. The molecule has 35 heavy (non-hydrogen) atoms. The Labute approximate surface area is 202 Å². The maximum Gasteiger partial charge on any atom is 0.186 e. The normalized spacial score (nSPS) is 30.2. The van der Waals surface area contributed by atoms with Crippen LogP contribution in [-0.2, 0) is 15.9 Å². The minimum Gasteiger partial charge on any atom is -0.504 e. The third-order valence-electron chi connectivity index (χ3n) is 7.04. The number of rotatable bonds is 8. The Morgan fingerprint density at radius 3 is 2.26 bits per heavy atom. The molecule has 7 atom stereocenters. The van der Waals surface area contributed by atoms with E-state index < -0.39 is 31.2 Å². The minimum atomic E-state index is -1.34. The van der Waals surface area contributed by atoms with Crippen molar-refractivity contribution in [2.75, 3.05) is 34.0 Å². The summed E-state index contributed by atoms with van der Waals surface area (Å²) in [6, 6.07) is 8.34. The van der Waals surface area contributed by atoms with Gasteiger partial charge in [0.25, 0.3) is 0 Å². The molecule has 10 heteroatoms. The van der Waals surface area contributed by atoms with E-state index in [0.29, 0.717) is 12.2 Å². The summed E-state index contributed by atoms with van der Waals surface area (Å²) in [5.74, 6) is -0.455. The second-order valence-corrected chi connectivity index (χ2v) is 8.98. The van der Waals surface area contributed by atoms with Crippen LogP contribution >= 0.6 is 0 Å². The number of aromatic hydroxyl groups is 2. The summed E-state index contributed by atoms with van der Waals surface area (Å²) in [4.78, 5) is 0. The largest absolute Gasteiger partial charge is 0.504 e. The summed E-state index contributed by atoms with van der Waals surface area (Å²) < 4.78 is 21.9. The van der Waals surface area contributed by atoms with E-state index in [4.69, 9.17) is 18.9 Å². The Kier molecular flexibility index (Phi) is 7.70. The molecule has 2 aliphatic rings. The van der Waals surface area contributed by atoms with Gasteiger partial charge in [0.05, 0.1) is 27.4 Å². The Hall–Kier alpha value is -2.60. The molecule has 2 aromatic rings. The van der Waals surface area contributed by atoms with Gasteiger partial charge in [-0.05, 0) is 59.2 Å². The first-order chi connectivity index (χ1) is 16.8. The molecule has 0 spiro atoms. The molecule has 2 aromatic carbocycles. The highest BCUT2D eigenvalue weighted by atomic mass is 16.7. The van der Waals surface area contributed by atoms with Crippen LogP contribution in [0.1, 0.15) is 22.6 Å². The van der Waals surface area contributed by atoms with E-state index in [1.54, 1.807) is 24.3 Å². The monoisotopic (exact) mass is 492 g/mol. The summed E-state index contributed by atoms with van der Waals surface area (Å²) in [7, 11) is 2.91. The number of methoxy groups -OCH3 is 2. The Morgan fingerprint density at radius 2 is 1.63 bits per heavy atom. The number of hydrogen-bond acceptors (Lipinski definition) is 10. The summed E-state index contributed by atoms with van der Waals surface area (Å²) in [6.07, 6.45) is -4.25. The Balaban J connectivity index is 1.73. The molecule has 1 fully saturated rings. The van der Waals surface area contributed by atoms with Crippen molar-refractivity contribution in [2.45, 2.75) is 36.9 Å². The predicted octanol–water partition coefficient (Wildman–Crippen LogP) is 0.483. The number of fused-ring (bicyclic) bond motifs is 1. The Morgan fingerprint density at radius 1 is 0.914 bits per heavy atom. The van der Waals surface area contributed by atoms with Gasteiger partial charge in [0, 0.05) is 12.5 Å². The number of aliphatic hydroxyl groups excluding tert-OH is 4. The fourth-order valence-corrected chi connectivity index (χ4v) is 5.15. The number of aliphatic hydroxyl groups is 4. The first-order valence-electron chi connectivity index (χ1n) is 11.4. The van der Waals surface area contributed by atoms with E-state index in [9.17, 15) is 30.6 Å². The van der Waals surface area contributed by atoms with Gasteiger partial charge in [-0.25, -0.2) is 0 Å². The summed E-state index contributed by atoms with van der Waals surface area (Å²) in [5, 5.41) is 60.6. The van der Waals surface area contributed by atoms with Gasteiger partial charge >= 0.3 is 0 Å². The molecule has 1 saturated heterocycles. The highest BCUT2D eigenvalue weighted by Gasteiger charge is 2.45. The van der Waals surface area contributed by atoms with Crippen LogP contribution in [0.5, 0.6) is 23.0 Å². The van der Waals surface area contributed by atoms with E-state index >= 15 is 0 Å². The van der Waals surface area contributed by atoms with Crippen LogP contribution in [0.4, 0.5) is 0 Å². The van der Waals surface area contributed by atoms with Gasteiger partial charge in [-0.3, -0.25) is 0 Å². The van der Waals surface area contributed by atoms with Crippen molar-refractivity contribution in [3.63, 3.8) is 0 Å². The third-order valence-corrected chi connectivity index (χ3v) is 7.04. The zero-order valence-electron chi connectivity index (χ0n) is 19.6. The summed E-state index contributed by atoms with van der Waals surface area (Å²) in [5.41, 5.74) is 2.45. The van der Waals surface area contributed by atoms with Crippen LogP contribution in [0.15, 0.2) is 30.3 Å². The van der Waals surface area contributed by atoms with Crippen molar-refractivity contribution in [3.05, 3.63) is 47.0 Å². The number of phenolic OH excluding ortho intramolecular Hbond substituents is 2. The molecule has 1 aliphatic carbocycles. The number of ether oxygens (including phenoxy) is 4. The zero-order valence-corrected chi connectivity index (χ0v) is 19.6. The first kappa shape index (κ1) is 25.5. The fourth-order valence-electron chi connectivity index (χ4n) is 5.15. The van der Waals surface area contributed by atoms with Crippen LogP contribution in [0.3, 0.4) is 0 Å². The number of benzene rings is 2. The lowest BCUT2D eigenvalue weighted by atomic mass is 9.67. The third kappa shape index (κ3) is 4.77. The van der Waals surface area contributed by atoms with E-state index in [-0.39, 0.29) is 48.2 Å². The minimum absolute atomic E-state index is 0.0251. The van der Waals surface area contributed by atoms with E-state index in [2.05, 4.69) is 0 Å². The lowest BCUT2D eigenvalue weighted by Crippen LogP contribution is -2.39. The molecule has 6 N–H and O–H groups in total. The Bertz CT molecular complexity index is 1030. The van der Waals surface area contributed by atoms with Crippen molar-refractivity contribution < 1.29 is 49.6 Å². The number of hydrogen-bond donors (Lipinski definition) is 6. The molecule has 1 aliphatic heterocycles. The van der Waals surface area contributed by atoms with Crippen molar-refractivity contribution in [1.82, 2.24) is 0 Å². The highest BCUT2D eigenvalue weighted by Crippen LogP contribution is 2.48. The fraction of sp³-hybridized carbons (Fsp3) is 0.520. The maximum atomic E-state index is 10.5. The van der Waals surface area contributed by atoms with Gasteiger partial charge in [0.15, 0.2) is 29.3 Å². The molecule has 0 amide bonds. The van der Waals surface area contributed by atoms with E-state index in [1.807, 2.05) is 0 Å². The van der Waals surface area contributed by atoms with Crippen molar-refractivity contribution in [1.29, 1.82) is 0 Å². The maximum absolute atomic E-state index is 10.5. The molecule has 192 valence electrons. The zero-order chi connectivity index (χ0) is 25.3. The second-order valence-electron chi connectivity index (χ2n) is 8.98. The molecule has 0 unspecified atom stereocenters. The van der Waals surface area contributed by atoms with E-state index in [1.165, 1.54) is 20.3 Å². The quantitative estimate of drug-likeness (QED) is 0.306. The van der Waals surface area contributed by atoms with Crippen LogP contribution in [0.25, 0.3) is 0 Å². The molecule has 0 bridgehead atoms. The van der Waals surface area contributed by atoms with Gasteiger partial charge in [0.1, 0.15) is 18.3 Å². The van der Waals surface area contributed by atoms with Gasteiger partial charge in [-0.1, -0.05) is 6.07 Å². The van der Waals surface area contributed by atoms with Gasteiger partial charge in [-0.15, -0.1) is 0 Å². The SMILES string of the molecule is COc1cc([C@@H]2c3cc(O)c(OC)cc3C[C@H](CO)[C@H]2CO[C@@H]2O[C@@H](CO)[C@H](O)[C@H]2O)ccc1O. The van der Waals surface area contributed by atoms with Crippen LogP contribution in [0.2, 0.25) is 0 Å². The van der Waals surface area contributed by atoms with Crippen molar-refractivity contribution >= 4 is 0 Å². The van der Waals surface area contributed by atoms with Crippen molar-refractivity contribution in [3.8, 4) is 23.0 Å². The van der Waals surface area contributed by atoms with Gasteiger partial charge in [-0.2, -0.15) is 0 Å². The molecule has 0 radical (unpaired) electrons. The van der Waals surface area contributed by atoms with Crippen LogP contribution in [-0.4, -0.2) is 89.3 Å². The van der Waals surface area contributed by atoms with E-state index in [0.717, 1.165) is 16.7 Å². The lowest BCUT2D eigenvalue weighted by molar-refractivity contribution is -0.179. The van der Waals surface area contributed by atoms with Crippen molar-refractivity contribution in [2.24, 2.45) is 11.8 Å². The molecule has 10 nitrogen and oxygen atoms in total. The van der Waals surface area contributed by atoms with Gasteiger partial charge in [0.2, 0.25) is 0 Å². The van der Waals surface area contributed by atoms with Crippen LogP contribution < -0.4 is 9.47 Å². The molecular formula is C25H32O10. The topological polar surface area (TPSA) is 158 Å². The first-order valence-corrected chi connectivity index (χ1v) is 11.4. The highest BCUT2D eigenvalue weighted by molar-refractivity contribution is 5.53.